The van der Waals surface area contributed by atoms with E-state index in [4.69, 9.17) is 0 Å². The Morgan fingerprint density at radius 1 is 1.21 bits per heavy atom. The zero-order chi connectivity index (χ0) is 13.7. The largest absolute Gasteiger partial charge is 0.504 e. The molecular weight excluding hydrogens is 240 g/mol. The third-order valence-electron chi connectivity index (χ3n) is 2.57. The second-order valence-electron chi connectivity index (χ2n) is 4.16. The first kappa shape index (κ1) is 13.0. The van der Waals surface area contributed by atoms with Crippen LogP contribution >= 0.6 is 0 Å². The Bertz CT molecular complexity index is 607. The number of aromatic hydroxyl groups is 1. The molecule has 0 aliphatic rings. The van der Waals surface area contributed by atoms with Crippen molar-refractivity contribution in [3.63, 3.8) is 0 Å². The fourth-order valence-electron chi connectivity index (χ4n) is 1.65. The summed E-state index contributed by atoms with van der Waals surface area (Å²) in [5.74, 6) is 0.243. The highest BCUT2D eigenvalue weighted by Crippen LogP contribution is 2.22. The van der Waals surface area contributed by atoms with Crippen LogP contribution in [0.3, 0.4) is 0 Å². The van der Waals surface area contributed by atoms with Gasteiger partial charge in [0, 0.05) is 23.9 Å². The topological polar surface area (TPSA) is 62.5 Å². The molecule has 1 N–H and O–H groups in total. The molecule has 4 nitrogen and oxygen atoms in total. The average molecular weight is 254 g/mol. The average Bonchev–Trinajstić information content (AvgIpc) is 2.42. The van der Waals surface area contributed by atoms with Gasteiger partial charge in [0.25, 0.3) is 0 Å². The van der Waals surface area contributed by atoms with Crippen molar-refractivity contribution in [3.8, 4) is 5.75 Å². The molecule has 0 spiro atoms. The highest BCUT2D eigenvalue weighted by molar-refractivity contribution is 6.09. The number of aromatic nitrogens is 1. The number of pyridine rings is 1. The molecule has 1 aromatic carbocycles. The van der Waals surface area contributed by atoms with E-state index in [-0.39, 0.29) is 23.8 Å². The van der Waals surface area contributed by atoms with E-state index in [0.29, 0.717) is 11.3 Å². The van der Waals surface area contributed by atoms with Gasteiger partial charge in [0.2, 0.25) is 0 Å². The van der Waals surface area contributed by atoms with Crippen molar-refractivity contribution in [3.05, 3.63) is 54.2 Å². The zero-order valence-electron chi connectivity index (χ0n) is 10.6. The number of hydrogen-bond acceptors (Lipinski definition) is 4. The van der Waals surface area contributed by atoms with Gasteiger partial charge in [-0.25, -0.2) is 9.98 Å². The zero-order valence-corrected chi connectivity index (χ0v) is 10.6. The highest BCUT2D eigenvalue weighted by Gasteiger charge is 2.08. The summed E-state index contributed by atoms with van der Waals surface area (Å²) in [5, 5.41) is 9.56. The number of benzene rings is 1. The molecule has 0 saturated carbocycles. The smallest absolute Gasteiger partial charge is 0.194 e. The molecule has 0 atom stereocenters. The summed E-state index contributed by atoms with van der Waals surface area (Å²) in [6, 6.07) is 12.2. The lowest BCUT2D eigenvalue weighted by atomic mass is 10.1. The van der Waals surface area contributed by atoms with Gasteiger partial charge in [-0.1, -0.05) is 30.3 Å². The van der Waals surface area contributed by atoms with Crippen LogP contribution in [0.25, 0.3) is 0 Å². The minimum Gasteiger partial charge on any atom is -0.504 e. The number of carbonyl (C=O) groups is 1. The van der Waals surface area contributed by atoms with E-state index in [1.165, 1.54) is 6.07 Å². The molecule has 19 heavy (non-hydrogen) atoms. The summed E-state index contributed by atoms with van der Waals surface area (Å²) in [4.78, 5) is 20.1. The molecule has 2 rings (SSSR count). The Balaban J connectivity index is 2.12. The molecule has 0 aliphatic heterocycles. The second kappa shape index (κ2) is 5.91. The van der Waals surface area contributed by atoms with Crippen molar-refractivity contribution in [1.82, 2.24) is 4.98 Å². The standard InChI is InChI=1S/C15H14N2O2/c1-11(17-15-13(18)8-5-9-16-15)10-14(19)12-6-3-2-4-7-12/h2-9,18H,10H2,1H3/b17-11+. The van der Waals surface area contributed by atoms with Gasteiger partial charge >= 0.3 is 0 Å². The molecule has 1 aromatic heterocycles. The van der Waals surface area contributed by atoms with Crippen LogP contribution in [-0.2, 0) is 0 Å². The van der Waals surface area contributed by atoms with E-state index in [1.807, 2.05) is 18.2 Å². The Hall–Kier alpha value is -2.49. The van der Waals surface area contributed by atoms with Crippen molar-refractivity contribution in [2.75, 3.05) is 0 Å². The van der Waals surface area contributed by atoms with Crippen LogP contribution in [0.2, 0.25) is 0 Å². The van der Waals surface area contributed by atoms with Gasteiger partial charge in [0.1, 0.15) is 0 Å². The van der Waals surface area contributed by atoms with Gasteiger partial charge in [0.15, 0.2) is 17.4 Å². The first-order chi connectivity index (χ1) is 9.16. The van der Waals surface area contributed by atoms with Crippen molar-refractivity contribution >= 4 is 17.3 Å². The van der Waals surface area contributed by atoms with Gasteiger partial charge < -0.3 is 5.11 Å². The summed E-state index contributed by atoms with van der Waals surface area (Å²) in [6.45, 7) is 1.74. The summed E-state index contributed by atoms with van der Waals surface area (Å²) >= 11 is 0. The van der Waals surface area contributed by atoms with Gasteiger partial charge in [-0.15, -0.1) is 0 Å². The van der Waals surface area contributed by atoms with E-state index in [2.05, 4.69) is 9.98 Å². The fraction of sp³-hybridized carbons (Fsp3) is 0.133. The normalized spacial score (nSPS) is 11.3. The molecule has 0 amide bonds. The van der Waals surface area contributed by atoms with E-state index in [0.717, 1.165) is 0 Å². The quantitative estimate of drug-likeness (QED) is 0.673. The SMILES string of the molecule is C/C(CC(=O)c1ccccc1)=N\c1ncccc1O. The van der Waals surface area contributed by atoms with Gasteiger partial charge in [-0.05, 0) is 19.1 Å². The Kier molecular flexibility index (Phi) is 4.03. The summed E-state index contributed by atoms with van der Waals surface area (Å²) in [6.07, 6.45) is 1.75. The summed E-state index contributed by atoms with van der Waals surface area (Å²) < 4.78 is 0. The molecule has 0 unspecified atom stereocenters. The second-order valence-corrected chi connectivity index (χ2v) is 4.16. The van der Waals surface area contributed by atoms with Crippen LogP contribution in [0, 0.1) is 0 Å². The molecule has 0 aliphatic carbocycles. The minimum atomic E-state index is -0.00253. The van der Waals surface area contributed by atoms with E-state index in [1.54, 1.807) is 31.3 Å². The summed E-state index contributed by atoms with van der Waals surface area (Å²) in [5.41, 5.74) is 1.27. The number of aliphatic imine (C=N–C) groups is 1. The predicted octanol–water partition coefficient (Wildman–Crippen LogP) is 3.15. The maximum Gasteiger partial charge on any atom is 0.194 e. The number of carbonyl (C=O) groups excluding carboxylic acids is 1. The van der Waals surface area contributed by atoms with Crippen LogP contribution in [-0.4, -0.2) is 21.6 Å². The van der Waals surface area contributed by atoms with Crippen molar-refractivity contribution in [2.24, 2.45) is 4.99 Å². The number of hydrogen-bond donors (Lipinski definition) is 1. The van der Waals surface area contributed by atoms with Gasteiger partial charge in [-0.3, -0.25) is 4.79 Å². The van der Waals surface area contributed by atoms with Crippen LogP contribution in [0.5, 0.6) is 5.75 Å². The first-order valence-corrected chi connectivity index (χ1v) is 5.93. The molecule has 0 bridgehead atoms. The summed E-state index contributed by atoms with van der Waals surface area (Å²) in [7, 11) is 0. The molecular formula is C15H14N2O2. The molecule has 0 saturated heterocycles. The number of nitrogens with zero attached hydrogens (tertiary/aromatic N) is 2. The first-order valence-electron chi connectivity index (χ1n) is 5.93. The molecule has 4 heteroatoms. The monoisotopic (exact) mass is 254 g/mol. The van der Waals surface area contributed by atoms with Gasteiger partial charge in [0.05, 0.1) is 0 Å². The Labute approximate surface area is 111 Å². The number of Topliss-reactive ketones (excluding diaryl/α,β-unsaturated/α-hetero) is 1. The van der Waals surface area contributed by atoms with Crippen molar-refractivity contribution in [1.29, 1.82) is 0 Å². The highest BCUT2D eigenvalue weighted by atomic mass is 16.3. The van der Waals surface area contributed by atoms with Gasteiger partial charge in [-0.2, -0.15) is 0 Å². The van der Waals surface area contributed by atoms with Crippen LogP contribution < -0.4 is 0 Å². The molecule has 1 heterocycles. The fourth-order valence-corrected chi connectivity index (χ4v) is 1.65. The maximum atomic E-state index is 12.0. The third kappa shape index (κ3) is 3.48. The predicted molar refractivity (Wildman–Crippen MR) is 74.1 cm³/mol. The van der Waals surface area contributed by atoms with Crippen molar-refractivity contribution < 1.29 is 9.90 Å². The lowest BCUT2D eigenvalue weighted by Gasteiger charge is -2.02. The van der Waals surface area contributed by atoms with Crippen LogP contribution in [0.1, 0.15) is 23.7 Å². The lowest BCUT2D eigenvalue weighted by Crippen LogP contribution is -2.05. The van der Waals surface area contributed by atoms with E-state index < -0.39 is 0 Å². The molecule has 2 aromatic rings. The number of rotatable bonds is 4. The Morgan fingerprint density at radius 2 is 1.95 bits per heavy atom. The van der Waals surface area contributed by atoms with Crippen LogP contribution in [0.15, 0.2) is 53.7 Å². The Morgan fingerprint density at radius 3 is 2.63 bits per heavy atom. The maximum absolute atomic E-state index is 12.0. The van der Waals surface area contributed by atoms with Crippen LogP contribution in [0.4, 0.5) is 5.82 Å². The van der Waals surface area contributed by atoms with Crippen molar-refractivity contribution in [2.45, 2.75) is 13.3 Å². The lowest BCUT2D eigenvalue weighted by molar-refractivity contribution is 0.100. The molecule has 0 fully saturated rings. The molecule has 96 valence electrons. The minimum absolute atomic E-state index is 0.00253. The van der Waals surface area contributed by atoms with E-state index in [9.17, 15) is 9.90 Å². The van der Waals surface area contributed by atoms with E-state index >= 15 is 0 Å². The molecule has 0 radical (unpaired) electrons. The number of ketones is 1. The third-order valence-corrected chi connectivity index (χ3v) is 2.57.